The molecule has 3 N–H and O–H groups in total. The summed E-state index contributed by atoms with van der Waals surface area (Å²) in [5.41, 5.74) is 1.62. The SMILES string of the molecule is CN=C(NCCSc1ccccc1)NCc1cccc(C(=O)NCc2ccco2)c1.I. The van der Waals surface area contributed by atoms with Crippen LogP contribution in [0.15, 0.2) is 87.3 Å². The first kappa shape index (κ1) is 24.8. The summed E-state index contributed by atoms with van der Waals surface area (Å²) in [7, 11) is 1.75. The van der Waals surface area contributed by atoms with Crippen LogP contribution in [-0.4, -0.2) is 31.2 Å². The Balaban J connectivity index is 0.00000341. The number of thioether (sulfide) groups is 1. The molecule has 0 aliphatic carbocycles. The fourth-order valence-corrected chi connectivity index (χ4v) is 3.56. The highest BCUT2D eigenvalue weighted by molar-refractivity contribution is 14.0. The Morgan fingerprint density at radius 1 is 0.968 bits per heavy atom. The number of hydrogen-bond donors (Lipinski definition) is 3. The number of carbonyl (C=O) groups is 1. The molecule has 1 amide bonds. The van der Waals surface area contributed by atoms with Crippen LogP contribution in [0.1, 0.15) is 21.7 Å². The maximum atomic E-state index is 12.4. The van der Waals surface area contributed by atoms with E-state index in [1.54, 1.807) is 37.2 Å². The third kappa shape index (κ3) is 8.66. The number of halogens is 1. The summed E-state index contributed by atoms with van der Waals surface area (Å²) in [5.74, 6) is 2.27. The summed E-state index contributed by atoms with van der Waals surface area (Å²) in [5, 5.41) is 9.46. The molecular formula is C23H27IN4O2S. The number of guanidine groups is 1. The summed E-state index contributed by atoms with van der Waals surface area (Å²) in [6, 6.07) is 21.5. The van der Waals surface area contributed by atoms with Gasteiger partial charge in [-0.1, -0.05) is 30.3 Å². The van der Waals surface area contributed by atoms with Crippen molar-refractivity contribution in [3.05, 3.63) is 89.9 Å². The molecule has 0 unspecified atom stereocenters. The average Bonchev–Trinajstić information content (AvgIpc) is 3.31. The standard InChI is InChI=1S/C23H26N4O2S.HI/c1-24-23(25-12-14-30-21-10-3-2-4-11-21)27-16-18-7-5-8-19(15-18)22(28)26-17-20-9-6-13-29-20;/h2-11,13,15H,12,14,16-17H2,1H3,(H,26,28)(H2,24,25,27);1H. The average molecular weight is 550 g/mol. The fourth-order valence-electron chi connectivity index (χ4n) is 2.77. The lowest BCUT2D eigenvalue weighted by atomic mass is 10.1. The molecule has 0 spiro atoms. The molecule has 0 fully saturated rings. The summed E-state index contributed by atoms with van der Waals surface area (Å²) in [6.45, 7) is 1.74. The van der Waals surface area contributed by atoms with E-state index in [1.165, 1.54) is 4.90 Å². The van der Waals surface area contributed by atoms with Crippen LogP contribution in [0.5, 0.6) is 0 Å². The number of rotatable bonds is 9. The Bertz CT molecular complexity index is 949. The van der Waals surface area contributed by atoms with Crippen LogP contribution in [0.4, 0.5) is 0 Å². The zero-order valence-corrected chi connectivity index (χ0v) is 20.5. The predicted molar refractivity (Wildman–Crippen MR) is 137 cm³/mol. The van der Waals surface area contributed by atoms with E-state index in [0.29, 0.717) is 18.7 Å². The Morgan fingerprint density at radius 3 is 2.55 bits per heavy atom. The predicted octanol–water partition coefficient (Wildman–Crippen LogP) is 4.28. The lowest BCUT2D eigenvalue weighted by Crippen LogP contribution is -2.38. The van der Waals surface area contributed by atoms with E-state index in [4.69, 9.17) is 4.42 Å². The smallest absolute Gasteiger partial charge is 0.251 e. The second-order valence-corrected chi connectivity index (χ2v) is 7.64. The number of furan rings is 1. The third-order valence-electron chi connectivity index (χ3n) is 4.28. The second kappa shape index (κ2) is 13.8. The lowest BCUT2D eigenvalue weighted by molar-refractivity contribution is 0.0948. The highest BCUT2D eigenvalue weighted by Crippen LogP contribution is 2.15. The molecule has 1 aromatic heterocycles. The van der Waals surface area contributed by atoms with Gasteiger partial charge in [0.15, 0.2) is 5.96 Å². The van der Waals surface area contributed by atoms with Gasteiger partial charge >= 0.3 is 0 Å². The molecule has 3 aromatic rings. The van der Waals surface area contributed by atoms with Gasteiger partial charge in [0, 0.05) is 36.3 Å². The molecule has 31 heavy (non-hydrogen) atoms. The number of aliphatic imine (C=N–C) groups is 1. The molecule has 0 radical (unpaired) electrons. The highest BCUT2D eigenvalue weighted by atomic mass is 127. The van der Waals surface area contributed by atoms with Gasteiger partial charge in [-0.05, 0) is 42.0 Å². The molecule has 2 aromatic carbocycles. The summed E-state index contributed by atoms with van der Waals surface area (Å²) in [6.07, 6.45) is 1.59. The van der Waals surface area contributed by atoms with E-state index in [0.717, 1.165) is 29.6 Å². The minimum Gasteiger partial charge on any atom is -0.467 e. The number of carbonyl (C=O) groups excluding carboxylic acids is 1. The molecule has 0 aliphatic heterocycles. The first-order chi connectivity index (χ1) is 14.7. The highest BCUT2D eigenvalue weighted by Gasteiger charge is 2.07. The molecular weight excluding hydrogens is 523 g/mol. The molecule has 0 bridgehead atoms. The van der Waals surface area contributed by atoms with Crippen molar-refractivity contribution in [2.75, 3.05) is 19.3 Å². The zero-order chi connectivity index (χ0) is 21.0. The van der Waals surface area contributed by atoms with Crippen molar-refractivity contribution in [3.63, 3.8) is 0 Å². The van der Waals surface area contributed by atoms with Crippen LogP contribution >= 0.6 is 35.7 Å². The second-order valence-electron chi connectivity index (χ2n) is 6.48. The number of amides is 1. The van der Waals surface area contributed by atoms with Crippen molar-refractivity contribution >= 4 is 47.6 Å². The summed E-state index contributed by atoms with van der Waals surface area (Å²) < 4.78 is 5.24. The van der Waals surface area contributed by atoms with E-state index in [1.807, 2.05) is 42.5 Å². The number of hydrogen-bond acceptors (Lipinski definition) is 4. The normalized spacial score (nSPS) is 10.8. The van der Waals surface area contributed by atoms with Gasteiger partial charge in [-0.2, -0.15) is 0 Å². The minimum absolute atomic E-state index is 0. The first-order valence-electron chi connectivity index (χ1n) is 9.76. The van der Waals surface area contributed by atoms with Crippen molar-refractivity contribution in [1.29, 1.82) is 0 Å². The van der Waals surface area contributed by atoms with Crippen molar-refractivity contribution in [2.24, 2.45) is 4.99 Å². The molecule has 6 nitrogen and oxygen atoms in total. The summed E-state index contributed by atoms with van der Waals surface area (Å²) in [4.78, 5) is 17.9. The third-order valence-corrected chi connectivity index (χ3v) is 5.30. The van der Waals surface area contributed by atoms with Crippen molar-refractivity contribution < 1.29 is 9.21 Å². The van der Waals surface area contributed by atoms with E-state index < -0.39 is 0 Å². The number of nitrogens with zero attached hydrogens (tertiary/aromatic N) is 1. The molecule has 0 saturated carbocycles. The molecule has 3 rings (SSSR count). The van der Waals surface area contributed by atoms with Crippen LogP contribution in [0.3, 0.4) is 0 Å². The van der Waals surface area contributed by atoms with Gasteiger partial charge in [-0.25, -0.2) is 0 Å². The van der Waals surface area contributed by atoms with Crippen molar-refractivity contribution in [1.82, 2.24) is 16.0 Å². The van der Waals surface area contributed by atoms with Crippen LogP contribution in [0.25, 0.3) is 0 Å². The largest absolute Gasteiger partial charge is 0.467 e. The van der Waals surface area contributed by atoms with E-state index in [9.17, 15) is 4.79 Å². The topological polar surface area (TPSA) is 78.7 Å². The molecule has 1 heterocycles. The maximum Gasteiger partial charge on any atom is 0.251 e. The number of nitrogens with one attached hydrogen (secondary N) is 3. The van der Waals surface area contributed by atoms with Gasteiger partial charge in [0.2, 0.25) is 0 Å². The fraction of sp³-hybridized carbons (Fsp3) is 0.217. The van der Waals surface area contributed by atoms with Gasteiger partial charge in [0.05, 0.1) is 12.8 Å². The van der Waals surface area contributed by atoms with Crippen LogP contribution in [0.2, 0.25) is 0 Å². The van der Waals surface area contributed by atoms with E-state index in [-0.39, 0.29) is 29.9 Å². The molecule has 0 saturated heterocycles. The van der Waals surface area contributed by atoms with Gasteiger partial charge in [-0.15, -0.1) is 35.7 Å². The summed E-state index contributed by atoms with van der Waals surface area (Å²) >= 11 is 1.80. The number of benzene rings is 2. The Hall–Kier alpha value is -2.46. The van der Waals surface area contributed by atoms with Crippen LogP contribution < -0.4 is 16.0 Å². The van der Waals surface area contributed by atoms with Gasteiger partial charge in [0.1, 0.15) is 5.76 Å². The van der Waals surface area contributed by atoms with Crippen molar-refractivity contribution in [3.8, 4) is 0 Å². The first-order valence-corrected chi connectivity index (χ1v) is 10.7. The maximum absolute atomic E-state index is 12.4. The van der Waals surface area contributed by atoms with Gasteiger partial charge in [-0.3, -0.25) is 9.79 Å². The molecule has 8 heteroatoms. The van der Waals surface area contributed by atoms with Crippen LogP contribution in [0, 0.1) is 0 Å². The van der Waals surface area contributed by atoms with Crippen molar-refractivity contribution in [2.45, 2.75) is 18.0 Å². The minimum atomic E-state index is -0.131. The van der Waals surface area contributed by atoms with E-state index >= 15 is 0 Å². The quantitative estimate of drug-likeness (QED) is 0.122. The zero-order valence-electron chi connectivity index (χ0n) is 17.3. The Labute approximate surface area is 204 Å². The Morgan fingerprint density at radius 2 is 1.81 bits per heavy atom. The van der Waals surface area contributed by atoms with Gasteiger partial charge in [0.25, 0.3) is 5.91 Å². The molecule has 0 atom stereocenters. The molecule has 164 valence electrons. The monoisotopic (exact) mass is 550 g/mol. The lowest BCUT2D eigenvalue weighted by Gasteiger charge is -2.12. The van der Waals surface area contributed by atoms with Crippen LogP contribution in [-0.2, 0) is 13.1 Å². The molecule has 0 aliphatic rings. The Kier molecular flexibility index (Phi) is 11.0. The van der Waals surface area contributed by atoms with E-state index in [2.05, 4.69) is 33.1 Å². The van der Waals surface area contributed by atoms with Gasteiger partial charge < -0.3 is 20.4 Å².